The van der Waals surface area contributed by atoms with E-state index in [9.17, 15) is 24.3 Å². The summed E-state index contributed by atoms with van der Waals surface area (Å²) in [6.45, 7) is 1.87. The van der Waals surface area contributed by atoms with Crippen molar-refractivity contribution in [3.05, 3.63) is 30.0 Å². The van der Waals surface area contributed by atoms with Gasteiger partial charge in [-0.2, -0.15) is 0 Å². The zero-order chi connectivity index (χ0) is 21.0. The lowest BCUT2D eigenvalue weighted by Crippen LogP contribution is -2.48. The molecule has 0 bridgehead atoms. The Balaban J connectivity index is 1.79. The van der Waals surface area contributed by atoms with Crippen molar-refractivity contribution in [3.8, 4) is 0 Å². The highest BCUT2D eigenvalue weighted by atomic mass is 16.4. The lowest BCUT2D eigenvalue weighted by Gasteiger charge is -2.36. The van der Waals surface area contributed by atoms with Crippen LogP contribution in [0.4, 0.5) is 5.69 Å². The van der Waals surface area contributed by atoms with Crippen molar-refractivity contribution in [2.45, 2.75) is 18.9 Å². The van der Waals surface area contributed by atoms with Crippen LogP contribution in [0.15, 0.2) is 24.4 Å². The summed E-state index contributed by atoms with van der Waals surface area (Å²) in [5.74, 6) is -2.43. The van der Waals surface area contributed by atoms with Gasteiger partial charge in [-0.1, -0.05) is 6.07 Å². The predicted molar refractivity (Wildman–Crippen MR) is 103 cm³/mol. The number of carbonyl (C=O) groups excluding carboxylic acids is 2. The summed E-state index contributed by atoms with van der Waals surface area (Å²) in [5.41, 5.74) is 1.76. The molecule has 0 spiro atoms. The first-order valence-electron chi connectivity index (χ1n) is 9.18. The molecule has 1 saturated heterocycles. The number of H-pyrrole nitrogens is 1. The molecule has 0 radical (unpaired) electrons. The van der Waals surface area contributed by atoms with E-state index in [4.69, 9.17) is 5.11 Å². The molecular weight excluding hydrogens is 380 g/mol. The van der Waals surface area contributed by atoms with E-state index in [1.165, 1.54) is 0 Å². The number of aliphatic carboxylic acids is 2. The SMILES string of the molecule is O=CN1CCN([C@@H](C(=O)O)c2c[nH]c3cc(NC(=O)CCC(=O)O)ccc23)CC1. The number of hydrogen-bond donors (Lipinski definition) is 4. The van der Waals surface area contributed by atoms with Gasteiger partial charge in [-0.3, -0.25) is 24.1 Å². The number of amides is 2. The van der Waals surface area contributed by atoms with Gasteiger partial charge in [-0.15, -0.1) is 0 Å². The standard InChI is InChI=1S/C19H22N4O6/c24-11-22-5-7-23(8-6-22)18(19(28)29)14-10-20-15-9-12(1-2-13(14)15)21-16(25)3-4-17(26)27/h1-2,9-11,18,20H,3-8H2,(H,21,25)(H,26,27)(H,28,29)/t18-/m1/s1. The number of anilines is 1. The van der Waals surface area contributed by atoms with E-state index >= 15 is 0 Å². The quantitative estimate of drug-likeness (QED) is 0.480. The Bertz CT molecular complexity index is 932. The van der Waals surface area contributed by atoms with Crippen LogP contribution in [0.25, 0.3) is 10.9 Å². The number of carboxylic acids is 2. The average Bonchev–Trinajstić information content (AvgIpc) is 3.09. The Hall–Kier alpha value is -3.40. The summed E-state index contributed by atoms with van der Waals surface area (Å²) >= 11 is 0. The van der Waals surface area contributed by atoms with Crippen molar-refractivity contribution in [1.29, 1.82) is 0 Å². The maximum absolute atomic E-state index is 12.0. The van der Waals surface area contributed by atoms with Gasteiger partial charge >= 0.3 is 11.9 Å². The molecule has 3 rings (SSSR count). The highest BCUT2D eigenvalue weighted by Crippen LogP contribution is 2.31. The Labute approximate surface area is 166 Å². The Kier molecular flexibility index (Phi) is 6.13. The monoisotopic (exact) mass is 402 g/mol. The summed E-state index contributed by atoms with van der Waals surface area (Å²) in [4.78, 5) is 51.7. The van der Waals surface area contributed by atoms with Crippen molar-refractivity contribution < 1.29 is 29.4 Å². The van der Waals surface area contributed by atoms with Crippen LogP contribution in [-0.4, -0.2) is 75.4 Å². The zero-order valence-corrected chi connectivity index (χ0v) is 15.6. The maximum atomic E-state index is 12.0. The second-order valence-corrected chi connectivity index (χ2v) is 6.86. The topological polar surface area (TPSA) is 143 Å². The van der Waals surface area contributed by atoms with Crippen LogP contribution in [0.5, 0.6) is 0 Å². The molecule has 10 nitrogen and oxygen atoms in total. The molecule has 1 aromatic carbocycles. The molecule has 0 aliphatic carbocycles. The second kappa shape index (κ2) is 8.74. The largest absolute Gasteiger partial charge is 0.481 e. The molecule has 4 N–H and O–H groups in total. The van der Waals surface area contributed by atoms with Crippen LogP contribution in [0.1, 0.15) is 24.4 Å². The molecule has 0 saturated carbocycles. The fraction of sp³-hybridized carbons (Fsp3) is 0.368. The number of fused-ring (bicyclic) bond motifs is 1. The van der Waals surface area contributed by atoms with Crippen molar-refractivity contribution >= 4 is 40.8 Å². The lowest BCUT2D eigenvalue weighted by atomic mass is 10.0. The van der Waals surface area contributed by atoms with Gasteiger partial charge in [0.25, 0.3) is 0 Å². The van der Waals surface area contributed by atoms with E-state index in [1.807, 2.05) is 4.90 Å². The first-order chi connectivity index (χ1) is 13.9. The number of nitrogens with zero attached hydrogens (tertiary/aromatic N) is 2. The molecule has 1 aliphatic rings. The number of aromatic nitrogens is 1. The summed E-state index contributed by atoms with van der Waals surface area (Å²) in [5, 5.41) is 21.8. The summed E-state index contributed by atoms with van der Waals surface area (Å²) < 4.78 is 0. The third-order valence-electron chi connectivity index (χ3n) is 4.96. The minimum atomic E-state index is -1.04. The van der Waals surface area contributed by atoms with Crippen LogP contribution in [0, 0.1) is 0 Å². The smallest absolute Gasteiger partial charge is 0.325 e. The molecule has 2 heterocycles. The minimum Gasteiger partial charge on any atom is -0.481 e. The predicted octanol–water partition coefficient (Wildman–Crippen LogP) is 0.871. The molecule has 10 heteroatoms. The lowest BCUT2D eigenvalue weighted by molar-refractivity contribution is -0.144. The van der Waals surface area contributed by atoms with E-state index in [2.05, 4.69) is 10.3 Å². The number of carbonyl (C=O) groups is 4. The van der Waals surface area contributed by atoms with Gasteiger partial charge in [-0.25, -0.2) is 0 Å². The van der Waals surface area contributed by atoms with Crippen molar-refractivity contribution in [1.82, 2.24) is 14.8 Å². The van der Waals surface area contributed by atoms with Crippen molar-refractivity contribution in [3.63, 3.8) is 0 Å². The number of nitrogens with one attached hydrogen (secondary N) is 2. The molecular formula is C19H22N4O6. The van der Waals surface area contributed by atoms with Gasteiger partial charge in [0.15, 0.2) is 0 Å². The highest BCUT2D eigenvalue weighted by molar-refractivity contribution is 5.96. The molecule has 1 atom stereocenters. The normalized spacial score (nSPS) is 15.8. The highest BCUT2D eigenvalue weighted by Gasteiger charge is 2.31. The number of piperazine rings is 1. The van der Waals surface area contributed by atoms with E-state index in [1.54, 1.807) is 29.3 Å². The number of benzene rings is 1. The van der Waals surface area contributed by atoms with Crippen molar-refractivity contribution in [2.24, 2.45) is 0 Å². The van der Waals surface area contributed by atoms with E-state index in [-0.39, 0.29) is 12.8 Å². The fourth-order valence-corrected chi connectivity index (χ4v) is 3.48. The number of rotatable bonds is 8. The van der Waals surface area contributed by atoms with E-state index in [0.717, 1.165) is 11.8 Å². The van der Waals surface area contributed by atoms with E-state index in [0.29, 0.717) is 42.9 Å². The second-order valence-electron chi connectivity index (χ2n) is 6.86. The molecule has 2 amide bonds. The molecule has 2 aromatic rings. The van der Waals surface area contributed by atoms with Crippen LogP contribution >= 0.6 is 0 Å². The van der Waals surface area contributed by atoms with Gasteiger partial charge in [0.2, 0.25) is 12.3 Å². The fourth-order valence-electron chi connectivity index (χ4n) is 3.48. The summed E-state index contributed by atoms with van der Waals surface area (Å²) in [6.07, 6.45) is 2.03. The third-order valence-corrected chi connectivity index (χ3v) is 4.96. The molecule has 0 unspecified atom stereocenters. The van der Waals surface area contributed by atoms with Crippen LogP contribution in [0.3, 0.4) is 0 Å². The molecule has 1 aliphatic heterocycles. The third kappa shape index (κ3) is 4.72. The summed E-state index contributed by atoms with van der Waals surface area (Å²) in [6, 6.07) is 4.21. The van der Waals surface area contributed by atoms with Gasteiger partial charge in [-0.05, 0) is 12.1 Å². The van der Waals surface area contributed by atoms with Gasteiger partial charge in [0.1, 0.15) is 6.04 Å². The molecule has 154 valence electrons. The zero-order valence-electron chi connectivity index (χ0n) is 15.6. The number of hydrogen-bond acceptors (Lipinski definition) is 5. The number of carboxylic acid groups (broad SMARTS) is 2. The van der Waals surface area contributed by atoms with Gasteiger partial charge in [0, 0.05) is 61.0 Å². The maximum Gasteiger partial charge on any atom is 0.325 e. The molecule has 1 aromatic heterocycles. The van der Waals surface area contributed by atoms with Crippen LogP contribution < -0.4 is 5.32 Å². The first-order valence-corrected chi connectivity index (χ1v) is 9.18. The molecule has 1 fully saturated rings. The Morgan fingerprint density at radius 3 is 2.48 bits per heavy atom. The Morgan fingerprint density at radius 1 is 1.14 bits per heavy atom. The van der Waals surface area contributed by atoms with Gasteiger partial charge < -0.3 is 25.4 Å². The number of aromatic amines is 1. The van der Waals surface area contributed by atoms with Crippen LogP contribution in [-0.2, 0) is 19.2 Å². The first kappa shape index (κ1) is 20.3. The minimum absolute atomic E-state index is 0.128. The van der Waals surface area contributed by atoms with E-state index < -0.39 is 23.9 Å². The Morgan fingerprint density at radius 2 is 1.86 bits per heavy atom. The molecule has 29 heavy (non-hydrogen) atoms. The average molecular weight is 402 g/mol. The van der Waals surface area contributed by atoms with Crippen LogP contribution in [0.2, 0.25) is 0 Å². The summed E-state index contributed by atoms with van der Waals surface area (Å²) in [7, 11) is 0. The van der Waals surface area contributed by atoms with Gasteiger partial charge in [0.05, 0.1) is 6.42 Å². The van der Waals surface area contributed by atoms with Crippen molar-refractivity contribution in [2.75, 3.05) is 31.5 Å².